The molecule has 0 saturated heterocycles. The van der Waals surface area contributed by atoms with Crippen molar-refractivity contribution in [2.24, 2.45) is 7.05 Å². The summed E-state index contributed by atoms with van der Waals surface area (Å²) in [6.07, 6.45) is 3.64. The molecule has 1 aromatic carbocycles. The molecule has 0 aliphatic carbocycles. The number of hydrogen-bond acceptors (Lipinski definition) is 5. The molecule has 0 fully saturated rings. The van der Waals surface area contributed by atoms with E-state index in [9.17, 15) is 4.79 Å². The van der Waals surface area contributed by atoms with Crippen molar-refractivity contribution in [2.75, 3.05) is 20.4 Å². The lowest BCUT2D eigenvalue weighted by Gasteiger charge is -2.15. The minimum atomic E-state index is 0.0463. The van der Waals surface area contributed by atoms with Gasteiger partial charge in [-0.3, -0.25) is 9.69 Å². The lowest BCUT2D eigenvalue weighted by molar-refractivity contribution is 0.0941. The van der Waals surface area contributed by atoms with Crippen LogP contribution in [0.25, 0.3) is 0 Å². The summed E-state index contributed by atoms with van der Waals surface area (Å²) in [6, 6.07) is 5.28. The first-order valence-corrected chi connectivity index (χ1v) is 6.71. The van der Waals surface area contributed by atoms with E-state index in [1.165, 1.54) is 0 Å². The van der Waals surface area contributed by atoms with Gasteiger partial charge in [-0.1, -0.05) is 0 Å². The van der Waals surface area contributed by atoms with Crippen LogP contribution in [0, 0.1) is 0 Å². The van der Waals surface area contributed by atoms with Crippen LogP contribution in [-0.4, -0.2) is 40.6 Å². The molecule has 1 aromatic heterocycles. The standard InChI is InChI=1S/C15H17N3O3/c1-17(9-15-16-5-6-18(15)2)8-12(19)11-3-4-13-14(7-11)21-10-20-13/h3-7H,8-10H2,1-2H3. The predicted octanol–water partition coefficient (Wildman–Crippen LogP) is 1.46. The number of benzene rings is 1. The van der Waals surface area contributed by atoms with Crippen LogP contribution >= 0.6 is 0 Å². The molecule has 1 aliphatic rings. The third kappa shape index (κ3) is 2.90. The van der Waals surface area contributed by atoms with E-state index in [1.54, 1.807) is 24.4 Å². The smallest absolute Gasteiger partial charge is 0.231 e. The molecular weight excluding hydrogens is 270 g/mol. The number of fused-ring (bicyclic) bond motifs is 1. The number of hydrogen-bond donors (Lipinski definition) is 0. The molecule has 3 rings (SSSR count). The van der Waals surface area contributed by atoms with Crippen LogP contribution in [0.1, 0.15) is 16.2 Å². The molecule has 0 bridgehead atoms. The fourth-order valence-corrected chi connectivity index (χ4v) is 2.25. The van der Waals surface area contributed by atoms with E-state index in [2.05, 4.69) is 4.98 Å². The molecule has 2 aromatic rings. The number of carbonyl (C=O) groups excluding carboxylic acids is 1. The Labute approximate surface area is 122 Å². The highest BCUT2D eigenvalue weighted by Crippen LogP contribution is 2.32. The number of ether oxygens (including phenoxy) is 2. The Morgan fingerprint density at radius 1 is 1.38 bits per heavy atom. The number of aromatic nitrogens is 2. The van der Waals surface area contributed by atoms with Gasteiger partial charge in [0.2, 0.25) is 6.79 Å². The Morgan fingerprint density at radius 3 is 2.95 bits per heavy atom. The van der Waals surface area contributed by atoms with E-state index < -0.39 is 0 Å². The zero-order valence-electron chi connectivity index (χ0n) is 12.1. The Balaban J connectivity index is 1.64. The van der Waals surface area contributed by atoms with Gasteiger partial charge in [-0.25, -0.2) is 4.98 Å². The molecule has 0 amide bonds. The molecule has 0 N–H and O–H groups in total. The maximum absolute atomic E-state index is 12.3. The maximum Gasteiger partial charge on any atom is 0.231 e. The molecule has 0 saturated carbocycles. The zero-order valence-corrected chi connectivity index (χ0v) is 12.1. The van der Waals surface area contributed by atoms with E-state index in [0.717, 1.165) is 5.82 Å². The number of Topliss-reactive ketones (excluding diaryl/α,β-unsaturated/α-hetero) is 1. The van der Waals surface area contributed by atoms with Crippen LogP contribution < -0.4 is 9.47 Å². The zero-order chi connectivity index (χ0) is 14.8. The van der Waals surface area contributed by atoms with Crippen molar-refractivity contribution in [1.82, 2.24) is 14.5 Å². The molecule has 2 heterocycles. The van der Waals surface area contributed by atoms with Crippen molar-refractivity contribution < 1.29 is 14.3 Å². The van der Waals surface area contributed by atoms with Gasteiger partial charge < -0.3 is 14.0 Å². The van der Waals surface area contributed by atoms with Gasteiger partial charge in [-0.15, -0.1) is 0 Å². The topological polar surface area (TPSA) is 56.6 Å². The molecule has 0 spiro atoms. The van der Waals surface area contributed by atoms with Gasteiger partial charge in [-0.05, 0) is 25.2 Å². The normalized spacial score (nSPS) is 12.9. The molecule has 0 unspecified atom stereocenters. The Kier molecular flexibility index (Phi) is 3.62. The van der Waals surface area contributed by atoms with Crippen molar-refractivity contribution in [3.05, 3.63) is 42.0 Å². The largest absolute Gasteiger partial charge is 0.454 e. The van der Waals surface area contributed by atoms with Crippen LogP contribution in [-0.2, 0) is 13.6 Å². The SMILES string of the molecule is CN(CC(=O)c1ccc2c(c1)OCO2)Cc1nccn1C. The second-order valence-corrected chi connectivity index (χ2v) is 5.12. The van der Waals surface area contributed by atoms with Crippen molar-refractivity contribution >= 4 is 5.78 Å². The third-order valence-corrected chi connectivity index (χ3v) is 3.44. The number of nitrogens with zero attached hydrogens (tertiary/aromatic N) is 3. The van der Waals surface area contributed by atoms with E-state index in [1.807, 2.05) is 29.8 Å². The summed E-state index contributed by atoms with van der Waals surface area (Å²) in [6.45, 7) is 1.17. The summed E-state index contributed by atoms with van der Waals surface area (Å²) in [5.41, 5.74) is 0.631. The summed E-state index contributed by atoms with van der Waals surface area (Å²) in [7, 11) is 3.84. The van der Waals surface area contributed by atoms with Gasteiger partial charge in [-0.2, -0.15) is 0 Å². The van der Waals surface area contributed by atoms with E-state index in [4.69, 9.17) is 9.47 Å². The van der Waals surface area contributed by atoms with Crippen molar-refractivity contribution in [1.29, 1.82) is 0 Å². The number of imidazole rings is 1. The van der Waals surface area contributed by atoms with Crippen molar-refractivity contribution in [2.45, 2.75) is 6.54 Å². The van der Waals surface area contributed by atoms with Gasteiger partial charge >= 0.3 is 0 Å². The van der Waals surface area contributed by atoms with Gasteiger partial charge in [0, 0.05) is 25.0 Å². The molecule has 6 nitrogen and oxygen atoms in total. The van der Waals surface area contributed by atoms with Gasteiger partial charge in [0.15, 0.2) is 17.3 Å². The fraction of sp³-hybridized carbons (Fsp3) is 0.333. The van der Waals surface area contributed by atoms with Gasteiger partial charge in [0.05, 0.1) is 13.1 Å². The summed E-state index contributed by atoms with van der Waals surface area (Å²) in [4.78, 5) is 18.5. The Bertz CT molecular complexity index is 666. The van der Waals surface area contributed by atoms with E-state index in [0.29, 0.717) is 30.2 Å². The second kappa shape index (κ2) is 5.57. The Hall–Kier alpha value is -2.34. The number of rotatable bonds is 5. The molecule has 21 heavy (non-hydrogen) atoms. The van der Waals surface area contributed by atoms with Crippen LogP contribution in [0.4, 0.5) is 0 Å². The minimum Gasteiger partial charge on any atom is -0.454 e. The van der Waals surface area contributed by atoms with Gasteiger partial charge in [0.1, 0.15) is 5.82 Å². The average Bonchev–Trinajstić information content (AvgIpc) is 3.07. The quantitative estimate of drug-likeness (QED) is 0.779. The van der Waals surface area contributed by atoms with Gasteiger partial charge in [0.25, 0.3) is 0 Å². The summed E-state index contributed by atoms with van der Waals surface area (Å²) >= 11 is 0. The highest BCUT2D eigenvalue weighted by Gasteiger charge is 2.17. The number of ketones is 1. The first-order chi connectivity index (χ1) is 10.1. The van der Waals surface area contributed by atoms with Crippen molar-refractivity contribution in [3.8, 4) is 11.5 Å². The Morgan fingerprint density at radius 2 is 2.19 bits per heavy atom. The second-order valence-electron chi connectivity index (χ2n) is 5.12. The fourth-order valence-electron chi connectivity index (χ4n) is 2.25. The summed E-state index contributed by atoms with van der Waals surface area (Å²) < 4.78 is 12.5. The van der Waals surface area contributed by atoms with Crippen LogP contribution in [0.15, 0.2) is 30.6 Å². The van der Waals surface area contributed by atoms with Crippen LogP contribution in [0.2, 0.25) is 0 Å². The predicted molar refractivity (Wildman–Crippen MR) is 76.4 cm³/mol. The monoisotopic (exact) mass is 287 g/mol. The number of carbonyl (C=O) groups is 1. The number of likely N-dealkylation sites (N-methyl/N-ethyl adjacent to an activating group) is 1. The summed E-state index contributed by atoms with van der Waals surface area (Å²) in [5, 5.41) is 0. The molecule has 6 heteroatoms. The molecule has 0 atom stereocenters. The lowest BCUT2D eigenvalue weighted by atomic mass is 10.1. The minimum absolute atomic E-state index is 0.0463. The highest BCUT2D eigenvalue weighted by molar-refractivity contribution is 5.98. The van der Waals surface area contributed by atoms with E-state index >= 15 is 0 Å². The third-order valence-electron chi connectivity index (χ3n) is 3.44. The lowest BCUT2D eigenvalue weighted by Crippen LogP contribution is -2.26. The molecular formula is C15H17N3O3. The van der Waals surface area contributed by atoms with Crippen molar-refractivity contribution in [3.63, 3.8) is 0 Å². The van der Waals surface area contributed by atoms with Crippen LogP contribution in [0.5, 0.6) is 11.5 Å². The highest BCUT2D eigenvalue weighted by atomic mass is 16.7. The summed E-state index contributed by atoms with van der Waals surface area (Å²) in [5.74, 6) is 2.29. The first kappa shape index (κ1) is 13.6. The van der Waals surface area contributed by atoms with E-state index in [-0.39, 0.29) is 12.6 Å². The molecule has 110 valence electrons. The maximum atomic E-state index is 12.3. The first-order valence-electron chi connectivity index (χ1n) is 6.71. The number of aryl methyl sites for hydroxylation is 1. The average molecular weight is 287 g/mol. The molecule has 0 radical (unpaired) electrons. The molecule has 1 aliphatic heterocycles. The van der Waals surface area contributed by atoms with Crippen LogP contribution in [0.3, 0.4) is 0 Å².